The molecule has 2 saturated heterocycles. The van der Waals surface area contributed by atoms with Crippen LogP contribution in [0, 0.1) is 11.3 Å². The number of carbonyl (C=O) groups excluding carboxylic acids is 2. The van der Waals surface area contributed by atoms with Gasteiger partial charge in [0, 0.05) is 19.6 Å². The van der Waals surface area contributed by atoms with Gasteiger partial charge in [-0.3, -0.25) is 9.59 Å². The van der Waals surface area contributed by atoms with Crippen molar-refractivity contribution in [1.29, 1.82) is 0 Å². The van der Waals surface area contributed by atoms with Crippen LogP contribution in [0.5, 0.6) is 0 Å². The molecule has 0 bridgehead atoms. The summed E-state index contributed by atoms with van der Waals surface area (Å²) in [5.74, 6) is -0.0317. The summed E-state index contributed by atoms with van der Waals surface area (Å²) < 4.78 is 0. The second-order valence-electron chi connectivity index (χ2n) is 5.48. The lowest BCUT2D eigenvalue weighted by atomic mass is 9.89. The van der Waals surface area contributed by atoms with Crippen molar-refractivity contribution in [2.45, 2.75) is 26.2 Å². The zero-order valence-corrected chi connectivity index (χ0v) is 10.4. The summed E-state index contributed by atoms with van der Waals surface area (Å²) in [5.41, 5.74) is 4.85. The van der Waals surface area contributed by atoms with Gasteiger partial charge in [-0.15, -0.1) is 0 Å². The Balaban J connectivity index is 1.95. The Morgan fingerprint density at radius 1 is 1.47 bits per heavy atom. The van der Waals surface area contributed by atoms with Gasteiger partial charge in [0.25, 0.3) is 0 Å². The number of rotatable bonds is 2. The molecule has 0 saturated carbocycles. The number of amides is 2. The van der Waals surface area contributed by atoms with E-state index in [1.807, 2.05) is 11.8 Å². The Morgan fingerprint density at radius 2 is 2.24 bits per heavy atom. The monoisotopic (exact) mass is 239 g/mol. The van der Waals surface area contributed by atoms with Gasteiger partial charge in [-0.05, 0) is 32.7 Å². The molecule has 5 heteroatoms. The predicted octanol–water partition coefficient (Wildman–Crippen LogP) is -0.290. The van der Waals surface area contributed by atoms with Crippen LogP contribution in [0.4, 0.5) is 0 Å². The summed E-state index contributed by atoms with van der Waals surface area (Å²) in [5, 5.41) is 3.24. The van der Waals surface area contributed by atoms with Gasteiger partial charge in [-0.2, -0.15) is 0 Å². The third-order valence-electron chi connectivity index (χ3n) is 4.03. The molecule has 3 N–H and O–H groups in total. The quantitative estimate of drug-likeness (QED) is 0.695. The third-order valence-corrected chi connectivity index (χ3v) is 4.03. The average molecular weight is 239 g/mol. The van der Waals surface area contributed by atoms with Gasteiger partial charge < -0.3 is 16.0 Å². The van der Waals surface area contributed by atoms with E-state index in [4.69, 9.17) is 5.73 Å². The summed E-state index contributed by atoms with van der Waals surface area (Å²) in [7, 11) is 0. The molecule has 17 heavy (non-hydrogen) atoms. The molecule has 2 rings (SSSR count). The minimum Gasteiger partial charge on any atom is -0.369 e. The number of hydrogen-bond donors (Lipinski definition) is 2. The highest BCUT2D eigenvalue weighted by atomic mass is 16.2. The Kier molecular flexibility index (Phi) is 3.38. The molecule has 2 aliphatic rings. The Morgan fingerprint density at radius 3 is 2.76 bits per heavy atom. The number of nitrogens with zero attached hydrogens (tertiary/aromatic N) is 1. The zero-order chi connectivity index (χ0) is 12.5. The highest BCUT2D eigenvalue weighted by molar-refractivity contribution is 5.84. The van der Waals surface area contributed by atoms with Gasteiger partial charge in [-0.25, -0.2) is 0 Å². The van der Waals surface area contributed by atoms with Gasteiger partial charge in [0.05, 0.1) is 11.3 Å². The maximum atomic E-state index is 12.2. The van der Waals surface area contributed by atoms with Crippen molar-refractivity contribution < 1.29 is 9.59 Å². The molecule has 0 aromatic carbocycles. The maximum absolute atomic E-state index is 12.2. The third kappa shape index (κ3) is 2.44. The number of primary amides is 1. The van der Waals surface area contributed by atoms with Crippen molar-refractivity contribution in [3.8, 4) is 0 Å². The van der Waals surface area contributed by atoms with Gasteiger partial charge in [0.2, 0.25) is 11.8 Å². The summed E-state index contributed by atoms with van der Waals surface area (Å²) >= 11 is 0. The number of nitrogens with two attached hydrogens (primary N) is 1. The molecule has 1 unspecified atom stereocenters. The van der Waals surface area contributed by atoms with Crippen LogP contribution in [-0.2, 0) is 9.59 Å². The standard InChI is InChI=1S/C12H21N3O2/c1-12(11(13)17)4-6-15(8-12)10(16)9-3-2-5-14-7-9/h9,14H,2-8H2,1H3,(H2,13,17)/t9-,12?/m0/s1. The van der Waals surface area contributed by atoms with Gasteiger partial charge in [0.15, 0.2) is 0 Å². The second-order valence-corrected chi connectivity index (χ2v) is 5.48. The van der Waals surface area contributed by atoms with Crippen molar-refractivity contribution >= 4 is 11.8 Å². The van der Waals surface area contributed by atoms with Crippen LogP contribution >= 0.6 is 0 Å². The van der Waals surface area contributed by atoms with E-state index in [9.17, 15) is 9.59 Å². The predicted molar refractivity (Wildman–Crippen MR) is 64.1 cm³/mol. The van der Waals surface area contributed by atoms with Crippen molar-refractivity contribution in [3.63, 3.8) is 0 Å². The van der Waals surface area contributed by atoms with Crippen LogP contribution in [0.2, 0.25) is 0 Å². The number of piperidine rings is 1. The van der Waals surface area contributed by atoms with Crippen LogP contribution in [0.15, 0.2) is 0 Å². The minimum atomic E-state index is -0.530. The fourth-order valence-corrected chi connectivity index (χ4v) is 2.67. The maximum Gasteiger partial charge on any atom is 0.226 e. The molecular formula is C12H21N3O2. The van der Waals surface area contributed by atoms with Crippen LogP contribution in [0.1, 0.15) is 26.2 Å². The highest BCUT2D eigenvalue weighted by Gasteiger charge is 2.41. The van der Waals surface area contributed by atoms with Crippen molar-refractivity contribution in [1.82, 2.24) is 10.2 Å². The van der Waals surface area contributed by atoms with Gasteiger partial charge in [-0.1, -0.05) is 0 Å². The first kappa shape index (κ1) is 12.4. The second kappa shape index (κ2) is 4.64. The lowest BCUT2D eigenvalue weighted by molar-refractivity contribution is -0.136. The average Bonchev–Trinajstić information content (AvgIpc) is 2.74. The van der Waals surface area contributed by atoms with Gasteiger partial charge in [0.1, 0.15) is 0 Å². The minimum absolute atomic E-state index is 0.0824. The van der Waals surface area contributed by atoms with Gasteiger partial charge >= 0.3 is 0 Å². The molecule has 0 spiro atoms. The number of likely N-dealkylation sites (tertiary alicyclic amines) is 1. The molecule has 0 aromatic heterocycles. The smallest absolute Gasteiger partial charge is 0.226 e. The van der Waals surface area contributed by atoms with E-state index >= 15 is 0 Å². The SMILES string of the molecule is CC1(C(N)=O)CCN(C(=O)[C@H]2CCCNC2)C1. The fourth-order valence-electron chi connectivity index (χ4n) is 2.67. The summed E-state index contributed by atoms with van der Waals surface area (Å²) in [6.07, 6.45) is 2.70. The first-order valence-electron chi connectivity index (χ1n) is 6.32. The first-order valence-corrected chi connectivity index (χ1v) is 6.32. The molecule has 2 heterocycles. The molecule has 0 aliphatic carbocycles. The molecule has 2 aliphatic heterocycles. The van der Waals surface area contributed by atoms with E-state index in [1.54, 1.807) is 0 Å². The van der Waals surface area contributed by atoms with E-state index in [0.717, 1.165) is 25.9 Å². The Hall–Kier alpha value is -1.10. The zero-order valence-electron chi connectivity index (χ0n) is 10.4. The molecule has 5 nitrogen and oxygen atoms in total. The lowest BCUT2D eigenvalue weighted by Gasteiger charge is -2.27. The highest BCUT2D eigenvalue weighted by Crippen LogP contribution is 2.30. The molecular weight excluding hydrogens is 218 g/mol. The van der Waals surface area contributed by atoms with Crippen molar-refractivity contribution in [2.75, 3.05) is 26.2 Å². The Labute approximate surface area is 102 Å². The fraction of sp³-hybridized carbons (Fsp3) is 0.833. The topological polar surface area (TPSA) is 75.4 Å². The van der Waals surface area contributed by atoms with Crippen LogP contribution in [0.3, 0.4) is 0 Å². The number of carbonyl (C=O) groups is 2. The summed E-state index contributed by atoms with van der Waals surface area (Å²) in [6.45, 7) is 4.76. The molecule has 2 amide bonds. The summed E-state index contributed by atoms with van der Waals surface area (Å²) in [4.78, 5) is 25.4. The normalized spacial score (nSPS) is 33.7. The van der Waals surface area contributed by atoms with Crippen LogP contribution in [-0.4, -0.2) is 42.9 Å². The van der Waals surface area contributed by atoms with E-state index in [1.165, 1.54) is 0 Å². The van der Waals surface area contributed by atoms with E-state index in [0.29, 0.717) is 19.5 Å². The van der Waals surface area contributed by atoms with Crippen molar-refractivity contribution in [3.05, 3.63) is 0 Å². The van der Waals surface area contributed by atoms with E-state index in [-0.39, 0.29) is 17.7 Å². The Bertz CT molecular complexity index is 326. The molecule has 0 radical (unpaired) electrons. The first-order chi connectivity index (χ1) is 8.03. The number of nitrogens with one attached hydrogen (secondary N) is 1. The van der Waals surface area contributed by atoms with Crippen LogP contribution < -0.4 is 11.1 Å². The molecule has 96 valence electrons. The van der Waals surface area contributed by atoms with Crippen molar-refractivity contribution in [2.24, 2.45) is 17.1 Å². The number of hydrogen-bond acceptors (Lipinski definition) is 3. The molecule has 2 atom stereocenters. The lowest BCUT2D eigenvalue weighted by Crippen LogP contribution is -2.44. The molecule has 2 fully saturated rings. The van der Waals surface area contributed by atoms with E-state index < -0.39 is 5.41 Å². The summed E-state index contributed by atoms with van der Waals surface area (Å²) in [6, 6.07) is 0. The molecule has 0 aromatic rings. The van der Waals surface area contributed by atoms with Crippen LogP contribution in [0.25, 0.3) is 0 Å². The van der Waals surface area contributed by atoms with E-state index in [2.05, 4.69) is 5.32 Å². The largest absolute Gasteiger partial charge is 0.369 e.